The minimum absolute atomic E-state index is 0.0516. The minimum Gasteiger partial charge on any atom is -0.361 e. The topological polar surface area (TPSA) is 54.1 Å². The second-order valence-corrected chi connectivity index (χ2v) is 12.7. The molecule has 4 nitrogen and oxygen atoms in total. The normalized spacial score (nSPS) is 33.8. The molecule has 0 bridgehead atoms. The molecule has 1 aromatic carbocycles. The minimum atomic E-state index is -0.0516. The number of benzene rings is 1. The lowest BCUT2D eigenvalue weighted by molar-refractivity contribution is 0.215. The van der Waals surface area contributed by atoms with Crippen LogP contribution in [-0.4, -0.2) is 29.1 Å². The van der Waals surface area contributed by atoms with Crippen LogP contribution in [-0.2, 0) is 0 Å². The molecule has 1 fully saturated rings. The molecule has 0 amide bonds. The van der Waals surface area contributed by atoms with Gasteiger partial charge in [0.25, 0.3) is 0 Å². The molecular weight excluding hydrogens is 512 g/mol. The smallest absolute Gasteiger partial charge is 0.0991 e. The zero-order valence-corrected chi connectivity index (χ0v) is 23.9. The highest BCUT2D eigenvalue weighted by Gasteiger charge is 2.48. The van der Waals surface area contributed by atoms with Crippen molar-refractivity contribution in [3.8, 4) is 12.1 Å². The van der Waals surface area contributed by atoms with Crippen LogP contribution in [0.4, 0.5) is 5.69 Å². The number of likely N-dealkylation sites (tertiary alicyclic amines) is 1. The lowest BCUT2D eigenvalue weighted by Crippen LogP contribution is -2.44. The molecule has 0 aromatic heterocycles. The Morgan fingerprint density at radius 1 is 0.810 bits per heavy atom. The van der Waals surface area contributed by atoms with Crippen LogP contribution in [0.1, 0.15) is 62.0 Å². The molecule has 2 aliphatic heterocycles. The number of allylic oxidation sites excluding steroid dienone is 9. The number of rotatable bonds is 3. The number of nitrogens with zero attached hydrogens (tertiary/aromatic N) is 4. The largest absolute Gasteiger partial charge is 0.361 e. The Bertz CT molecular complexity index is 1650. The second-order valence-electron chi connectivity index (χ2n) is 12.7. The Balaban J connectivity index is 1.27. The van der Waals surface area contributed by atoms with Gasteiger partial charge in [-0.2, -0.15) is 10.5 Å². The van der Waals surface area contributed by atoms with E-state index in [1.54, 1.807) is 0 Å². The van der Waals surface area contributed by atoms with Crippen molar-refractivity contribution in [3.05, 3.63) is 125 Å². The maximum Gasteiger partial charge on any atom is 0.0991 e. The maximum absolute atomic E-state index is 9.90. The molecule has 1 saturated heterocycles. The van der Waals surface area contributed by atoms with Crippen molar-refractivity contribution in [1.29, 1.82) is 10.5 Å². The summed E-state index contributed by atoms with van der Waals surface area (Å²) in [5.41, 5.74) is 9.15. The molecule has 4 unspecified atom stereocenters. The predicted octanol–water partition coefficient (Wildman–Crippen LogP) is 7.69. The van der Waals surface area contributed by atoms with Crippen LogP contribution < -0.4 is 4.90 Å². The van der Waals surface area contributed by atoms with Crippen molar-refractivity contribution in [3.63, 3.8) is 0 Å². The Morgan fingerprint density at radius 2 is 1.69 bits per heavy atom. The summed E-state index contributed by atoms with van der Waals surface area (Å²) < 4.78 is 0. The number of anilines is 1. The van der Waals surface area contributed by atoms with E-state index in [9.17, 15) is 10.5 Å². The van der Waals surface area contributed by atoms with E-state index >= 15 is 0 Å². The van der Waals surface area contributed by atoms with Crippen molar-refractivity contribution in [2.45, 2.75) is 75.0 Å². The van der Waals surface area contributed by atoms with E-state index < -0.39 is 0 Å². The Labute approximate surface area is 249 Å². The molecule has 42 heavy (non-hydrogen) atoms. The van der Waals surface area contributed by atoms with Crippen LogP contribution in [0.15, 0.2) is 114 Å². The van der Waals surface area contributed by atoms with Gasteiger partial charge in [-0.05, 0) is 85.4 Å². The molecule has 0 radical (unpaired) electrons. The predicted molar refractivity (Wildman–Crippen MR) is 167 cm³/mol. The van der Waals surface area contributed by atoms with Crippen molar-refractivity contribution in [2.75, 3.05) is 4.90 Å². The van der Waals surface area contributed by atoms with Crippen LogP contribution in [0.3, 0.4) is 0 Å². The highest BCUT2D eigenvalue weighted by Crippen LogP contribution is 2.55. The molecule has 4 heteroatoms. The van der Waals surface area contributed by atoms with Crippen molar-refractivity contribution < 1.29 is 0 Å². The van der Waals surface area contributed by atoms with Crippen LogP contribution in [0.25, 0.3) is 0 Å². The van der Waals surface area contributed by atoms with Gasteiger partial charge in [-0.1, -0.05) is 72.9 Å². The Kier molecular flexibility index (Phi) is 6.19. The third kappa shape index (κ3) is 3.85. The van der Waals surface area contributed by atoms with Crippen LogP contribution in [0, 0.1) is 34.5 Å². The van der Waals surface area contributed by atoms with E-state index in [0.29, 0.717) is 18.0 Å². The molecule has 7 atom stereocenters. The van der Waals surface area contributed by atoms with Gasteiger partial charge < -0.3 is 9.80 Å². The summed E-state index contributed by atoms with van der Waals surface area (Å²) >= 11 is 0. The van der Waals surface area contributed by atoms with Crippen molar-refractivity contribution in [1.82, 2.24) is 4.90 Å². The summed E-state index contributed by atoms with van der Waals surface area (Å²) in [6.45, 7) is 0. The number of hydrogen-bond acceptors (Lipinski definition) is 4. The molecule has 2 heterocycles. The summed E-state index contributed by atoms with van der Waals surface area (Å²) in [5, 5.41) is 19.7. The van der Waals surface area contributed by atoms with Gasteiger partial charge in [0.15, 0.2) is 0 Å². The quantitative estimate of drug-likeness (QED) is 0.363. The maximum atomic E-state index is 9.90. The van der Waals surface area contributed by atoms with E-state index in [4.69, 9.17) is 0 Å². The first kappa shape index (κ1) is 25.4. The van der Waals surface area contributed by atoms with Crippen molar-refractivity contribution in [2.24, 2.45) is 11.8 Å². The SMILES string of the molecule is N#Cc1ccc2c(c1)C1C(C3=C4C(=CCC3)C3C=CC=C[C@@H]3N4[C@H]3CC=CCC3)=CC=C[C@@H]1N2C1CC=CC(C#N)C1. The first-order valence-corrected chi connectivity index (χ1v) is 15.8. The van der Waals surface area contributed by atoms with Gasteiger partial charge in [-0.15, -0.1) is 0 Å². The standard InChI is InChI=1S/C38H36N4/c39-23-25-9-6-12-28(21-25)41-35-20-19-26(24-40)22-33(35)37-30(14-8-18-36(37)41)32-16-7-15-31-29-13-4-5-17-34(29)42(38(31)32)27-10-2-1-3-11-27/h1-2,4-6,8-9,13-15,17-20,22,25,27-29,34,36-37H,3,7,10-12,16,21H2/t25?,27-,28?,29?,34-,36-,37?/m0/s1. The molecule has 0 N–H and O–H groups in total. The van der Waals surface area contributed by atoms with E-state index in [1.807, 2.05) is 6.07 Å². The van der Waals surface area contributed by atoms with Gasteiger partial charge in [0, 0.05) is 35.3 Å². The van der Waals surface area contributed by atoms with Gasteiger partial charge in [0.1, 0.15) is 0 Å². The molecule has 1 aromatic rings. The average Bonchev–Trinajstić information content (AvgIpc) is 3.58. The molecule has 208 valence electrons. The fraction of sp³-hybridized carbons (Fsp3) is 0.368. The van der Waals surface area contributed by atoms with E-state index in [2.05, 4.69) is 107 Å². The molecule has 0 saturated carbocycles. The number of hydrogen-bond donors (Lipinski definition) is 0. The van der Waals surface area contributed by atoms with Crippen LogP contribution in [0.5, 0.6) is 0 Å². The summed E-state index contributed by atoms with van der Waals surface area (Å²) in [6.07, 6.45) is 35.2. The van der Waals surface area contributed by atoms with Crippen LogP contribution >= 0.6 is 0 Å². The first-order chi connectivity index (χ1) is 20.8. The zero-order chi connectivity index (χ0) is 28.2. The Morgan fingerprint density at radius 3 is 2.55 bits per heavy atom. The monoisotopic (exact) mass is 548 g/mol. The molecule has 0 spiro atoms. The lowest BCUT2D eigenvalue weighted by Gasteiger charge is -2.41. The van der Waals surface area contributed by atoms with Gasteiger partial charge >= 0.3 is 0 Å². The Hall–Kier alpha value is -4.28. The second kappa shape index (κ2) is 10.2. The summed E-state index contributed by atoms with van der Waals surface area (Å²) in [4.78, 5) is 5.39. The highest BCUT2D eigenvalue weighted by atomic mass is 15.2. The fourth-order valence-electron chi connectivity index (χ4n) is 8.86. The third-order valence-corrected chi connectivity index (χ3v) is 10.6. The van der Waals surface area contributed by atoms with Crippen molar-refractivity contribution >= 4 is 5.69 Å². The fourth-order valence-corrected chi connectivity index (χ4v) is 8.86. The van der Waals surface area contributed by atoms with Gasteiger partial charge in [0.05, 0.1) is 35.7 Å². The molecule has 5 aliphatic carbocycles. The van der Waals surface area contributed by atoms with E-state index in [1.165, 1.54) is 40.1 Å². The molecule has 7 aliphatic rings. The summed E-state index contributed by atoms with van der Waals surface area (Å²) in [6, 6.07) is 12.5. The van der Waals surface area contributed by atoms with E-state index in [0.717, 1.165) is 44.1 Å². The van der Waals surface area contributed by atoms with Gasteiger partial charge in [0.2, 0.25) is 0 Å². The van der Waals surface area contributed by atoms with Crippen LogP contribution in [0.2, 0.25) is 0 Å². The highest BCUT2D eigenvalue weighted by molar-refractivity contribution is 5.72. The van der Waals surface area contributed by atoms with E-state index in [-0.39, 0.29) is 23.9 Å². The average molecular weight is 549 g/mol. The third-order valence-electron chi connectivity index (χ3n) is 10.6. The zero-order valence-electron chi connectivity index (χ0n) is 23.9. The number of fused-ring (bicyclic) bond motifs is 6. The first-order valence-electron chi connectivity index (χ1n) is 15.8. The van der Waals surface area contributed by atoms with Gasteiger partial charge in [-0.3, -0.25) is 0 Å². The molecular formula is C38H36N4. The lowest BCUT2D eigenvalue weighted by atomic mass is 9.76. The number of nitriles is 2. The van der Waals surface area contributed by atoms with Gasteiger partial charge in [-0.25, -0.2) is 0 Å². The summed E-state index contributed by atoms with van der Waals surface area (Å²) in [5.74, 6) is 0.536. The summed E-state index contributed by atoms with van der Waals surface area (Å²) in [7, 11) is 0. The molecule has 8 rings (SSSR count).